The van der Waals surface area contributed by atoms with E-state index in [0.29, 0.717) is 30.9 Å². The number of rotatable bonds is 4. The van der Waals surface area contributed by atoms with Crippen LogP contribution in [0.2, 0.25) is 0 Å². The van der Waals surface area contributed by atoms with Gasteiger partial charge in [0.05, 0.1) is 11.0 Å². The van der Waals surface area contributed by atoms with E-state index in [0.717, 1.165) is 31.0 Å². The standard InChI is InChI=1S/C22H24F3NO6S/c23-22(24,25)33(29,30)32-15-5-4-13-10-16-21(28)7-6-14(27)19-20(21,17(13)18(15)31-19)8-9-26(16)11-12-2-1-3-12/h4-5,12,16,19,28H,1-3,6-11H2. The molecule has 1 aromatic rings. The van der Waals surface area contributed by atoms with Gasteiger partial charge in [-0.1, -0.05) is 12.5 Å². The predicted molar refractivity (Wildman–Crippen MR) is 108 cm³/mol. The first-order valence-electron chi connectivity index (χ1n) is 11.3. The van der Waals surface area contributed by atoms with Crippen LogP contribution in [0, 0.1) is 5.92 Å². The molecule has 5 aliphatic rings. The van der Waals surface area contributed by atoms with Gasteiger partial charge in [0, 0.05) is 24.6 Å². The molecule has 3 fully saturated rings. The van der Waals surface area contributed by atoms with Gasteiger partial charge in [0.25, 0.3) is 0 Å². The molecule has 2 heterocycles. The number of aliphatic hydroxyl groups is 1. The van der Waals surface area contributed by atoms with E-state index >= 15 is 0 Å². The summed E-state index contributed by atoms with van der Waals surface area (Å²) >= 11 is 0. The first kappa shape index (κ1) is 21.7. The van der Waals surface area contributed by atoms with Gasteiger partial charge in [-0.2, -0.15) is 21.6 Å². The Labute approximate surface area is 189 Å². The fourth-order valence-corrected chi connectivity index (χ4v) is 7.32. The van der Waals surface area contributed by atoms with E-state index in [-0.39, 0.29) is 30.4 Å². The molecule has 1 N–H and O–H groups in total. The molecule has 0 amide bonds. The van der Waals surface area contributed by atoms with Gasteiger partial charge in [0.15, 0.2) is 23.4 Å². The van der Waals surface area contributed by atoms with Gasteiger partial charge in [-0.3, -0.25) is 9.69 Å². The van der Waals surface area contributed by atoms with Gasteiger partial charge in [0.2, 0.25) is 0 Å². The van der Waals surface area contributed by atoms with Crippen molar-refractivity contribution in [3.05, 3.63) is 23.3 Å². The normalized spacial score (nSPS) is 35.6. The Morgan fingerprint density at radius 2 is 2.00 bits per heavy atom. The minimum Gasteiger partial charge on any atom is -0.477 e. The molecule has 2 saturated carbocycles. The molecule has 0 aromatic heterocycles. The molecule has 1 aromatic carbocycles. The SMILES string of the molecule is O=C1CCC2(O)C3Cc4ccc(OS(=O)(=O)C(F)(F)F)c5c4C2(CCN3CC2CCC2)C1O5. The van der Waals surface area contributed by atoms with Crippen molar-refractivity contribution in [2.45, 2.75) is 73.6 Å². The van der Waals surface area contributed by atoms with Crippen LogP contribution in [0.15, 0.2) is 12.1 Å². The fourth-order valence-electron chi connectivity index (χ4n) is 6.86. The van der Waals surface area contributed by atoms with Crippen LogP contribution in [-0.2, 0) is 26.7 Å². The number of carbonyl (C=O) groups excluding carboxylic acids is 1. The summed E-state index contributed by atoms with van der Waals surface area (Å²) in [5, 5.41) is 12.1. The van der Waals surface area contributed by atoms with Crippen LogP contribution >= 0.6 is 0 Å². The molecular weight excluding hydrogens is 463 g/mol. The number of ketones is 1. The lowest BCUT2D eigenvalue weighted by molar-refractivity contribution is -0.190. The predicted octanol–water partition coefficient (Wildman–Crippen LogP) is 2.44. The zero-order chi connectivity index (χ0) is 23.4. The lowest BCUT2D eigenvalue weighted by Crippen LogP contribution is -2.76. The largest absolute Gasteiger partial charge is 0.534 e. The number of ether oxygens (including phenoxy) is 1. The second-order valence-corrected chi connectivity index (χ2v) is 11.6. The maximum atomic E-state index is 13.0. The zero-order valence-corrected chi connectivity index (χ0v) is 18.5. The molecule has 33 heavy (non-hydrogen) atoms. The van der Waals surface area contributed by atoms with Crippen LogP contribution in [-0.4, -0.2) is 60.6 Å². The Morgan fingerprint density at radius 1 is 1.24 bits per heavy atom. The summed E-state index contributed by atoms with van der Waals surface area (Å²) in [4.78, 5) is 15.3. The van der Waals surface area contributed by atoms with Crippen LogP contribution in [0.3, 0.4) is 0 Å². The molecular formula is C22H24F3NO6S. The Morgan fingerprint density at radius 3 is 2.67 bits per heavy atom. The molecule has 6 rings (SSSR count). The monoisotopic (exact) mass is 487 g/mol. The van der Waals surface area contributed by atoms with Crippen molar-refractivity contribution in [2.75, 3.05) is 13.1 Å². The Balaban J connectivity index is 1.48. The molecule has 7 nitrogen and oxygen atoms in total. The minimum absolute atomic E-state index is 0.0943. The number of carbonyl (C=O) groups is 1. The smallest absolute Gasteiger partial charge is 0.477 e. The van der Waals surface area contributed by atoms with E-state index in [1.807, 2.05) is 0 Å². The topological polar surface area (TPSA) is 93.1 Å². The summed E-state index contributed by atoms with van der Waals surface area (Å²) in [6.45, 7) is 1.50. The third kappa shape index (κ3) is 2.70. The van der Waals surface area contributed by atoms with Crippen molar-refractivity contribution in [3.8, 4) is 11.5 Å². The quantitative estimate of drug-likeness (QED) is 0.515. The van der Waals surface area contributed by atoms with Crippen molar-refractivity contribution in [1.82, 2.24) is 4.90 Å². The molecule has 180 valence electrons. The van der Waals surface area contributed by atoms with E-state index in [1.54, 1.807) is 6.07 Å². The van der Waals surface area contributed by atoms with Gasteiger partial charge >= 0.3 is 15.6 Å². The highest BCUT2D eigenvalue weighted by Gasteiger charge is 2.73. The van der Waals surface area contributed by atoms with Gasteiger partial charge < -0.3 is 14.0 Å². The summed E-state index contributed by atoms with van der Waals surface area (Å²) in [6.07, 6.45) is 3.63. The number of alkyl halides is 3. The number of likely N-dealkylation sites (tertiary alicyclic amines) is 1. The van der Waals surface area contributed by atoms with E-state index in [2.05, 4.69) is 9.08 Å². The van der Waals surface area contributed by atoms with Gasteiger partial charge in [-0.15, -0.1) is 0 Å². The Kier molecular flexibility index (Phi) is 4.35. The van der Waals surface area contributed by atoms with Gasteiger partial charge in [0.1, 0.15) is 0 Å². The van der Waals surface area contributed by atoms with E-state index < -0.39 is 38.5 Å². The van der Waals surface area contributed by atoms with Crippen LogP contribution < -0.4 is 8.92 Å². The number of Topliss-reactive ketones (excluding diaryl/α,β-unsaturated/α-hetero) is 1. The number of hydrogen-bond donors (Lipinski definition) is 1. The zero-order valence-electron chi connectivity index (χ0n) is 17.7. The first-order valence-corrected chi connectivity index (χ1v) is 12.7. The maximum Gasteiger partial charge on any atom is 0.534 e. The molecule has 4 atom stereocenters. The molecule has 2 aliphatic heterocycles. The number of benzene rings is 1. The summed E-state index contributed by atoms with van der Waals surface area (Å²) in [5.41, 5.74) is -6.82. The van der Waals surface area contributed by atoms with E-state index in [9.17, 15) is 31.5 Å². The highest BCUT2D eigenvalue weighted by molar-refractivity contribution is 7.88. The molecule has 1 saturated heterocycles. The van der Waals surface area contributed by atoms with Crippen LogP contribution in [0.4, 0.5) is 13.2 Å². The summed E-state index contributed by atoms with van der Waals surface area (Å²) in [6, 6.07) is 2.47. The summed E-state index contributed by atoms with van der Waals surface area (Å²) in [7, 11) is -5.92. The summed E-state index contributed by atoms with van der Waals surface area (Å²) < 4.78 is 72.7. The lowest BCUT2D eigenvalue weighted by Gasteiger charge is -2.63. The molecule has 3 aliphatic carbocycles. The molecule has 2 bridgehead atoms. The average Bonchev–Trinajstić information content (AvgIpc) is 3.05. The average molecular weight is 487 g/mol. The third-order valence-electron chi connectivity index (χ3n) is 8.55. The molecule has 1 spiro atoms. The third-order valence-corrected chi connectivity index (χ3v) is 9.52. The Bertz CT molecular complexity index is 1150. The lowest BCUT2D eigenvalue weighted by atomic mass is 9.49. The van der Waals surface area contributed by atoms with E-state index in [4.69, 9.17) is 4.74 Å². The van der Waals surface area contributed by atoms with Crippen molar-refractivity contribution >= 4 is 15.9 Å². The molecule has 4 unspecified atom stereocenters. The molecule has 0 radical (unpaired) electrons. The van der Waals surface area contributed by atoms with E-state index in [1.165, 1.54) is 6.42 Å². The molecule has 11 heteroatoms. The van der Waals surface area contributed by atoms with Crippen molar-refractivity contribution in [3.63, 3.8) is 0 Å². The van der Waals surface area contributed by atoms with Crippen molar-refractivity contribution in [2.24, 2.45) is 5.92 Å². The fraction of sp³-hybridized carbons (Fsp3) is 0.682. The van der Waals surface area contributed by atoms with Crippen molar-refractivity contribution < 1.29 is 40.4 Å². The summed E-state index contributed by atoms with van der Waals surface area (Å²) in [5.74, 6) is -0.409. The first-order chi connectivity index (χ1) is 15.5. The number of halogens is 3. The number of hydrogen-bond acceptors (Lipinski definition) is 7. The highest BCUT2D eigenvalue weighted by Crippen LogP contribution is 2.65. The highest BCUT2D eigenvalue weighted by atomic mass is 32.2. The minimum atomic E-state index is -5.92. The van der Waals surface area contributed by atoms with Gasteiger partial charge in [-0.05, 0) is 56.2 Å². The second kappa shape index (κ2) is 6.63. The second-order valence-electron chi connectivity index (χ2n) is 10.0. The van der Waals surface area contributed by atoms with Crippen LogP contribution in [0.25, 0.3) is 0 Å². The maximum absolute atomic E-state index is 13.0. The number of nitrogens with zero attached hydrogens (tertiary/aromatic N) is 1. The van der Waals surface area contributed by atoms with Crippen molar-refractivity contribution in [1.29, 1.82) is 0 Å². The number of piperidine rings is 1. The Hall–Kier alpha value is -1.85. The van der Waals surface area contributed by atoms with Gasteiger partial charge in [-0.25, -0.2) is 0 Å². The van der Waals surface area contributed by atoms with Crippen LogP contribution in [0.1, 0.15) is 49.7 Å². The van der Waals surface area contributed by atoms with Crippen LogP contribution in [0.5, 0.6) is 11.5 Å².